The second-order valence-electron chi connectivity index (χ2n) is 15.4. The monoisotopic (exact) mass is 780 g/mol. The van der Waals surface area contributed by atoms with Crippen LogP contribution in [-0.4, -0.2) is 19.1 Å². The molecule has 0 unspecified atom stereocenters. The molecule has 5 nitrogen and oxygen atoms in total. The molecular formula is C56H36N4O. The lowest BCUT2D eigenvalue weighted by molar-refractivity contribution is 0.671. The van der Waals surface area contributed by atoms with Crippen LogP contribution in [0.25, 0.3) is 112 Å². The fourth-order valence-corrected chi connectivity index (χ4v) is 8.89. The van der Waals surface area contributed by atoms with E-state index in [4.69, 9.17) is 14.4 Å². The van der Waals surface area contributed by atoms with Crippen molar-refractivity contribution in [3.63, 3.8) is 0 Å². The average Bonchev–Trinajstić information content (AvgIpc) is 4.05. The molecule has 9 aromatic carbocycles. The van der Waals surface area contributed by atoms with Crippen LogP contribution in [-0.2, 0) is 0 Å². The summed E-state index contributed by atoms with van der Waals surface area (Å²) in [6.45, 7) is 0. The third-order valence-corrected chi connectivity index (χ3v) is 11.7. The first-order chi connectivity index (χ1) is 30.2. The molecule has 0 saturated carbocycles. The van der Waals surface area contributed by atoms with Crippen LogP contribution in [0.15, 0.2) is 223 Å². The molecule has 0 fully saturated rings. The maximum atomic E-state index is 6.80. The number of hydrogen-bond acceptors (Lipinski definition) is 3. The van der Waals surface area contributed by atoms with Gasteiger partial charge >= 0.3 is 0 Å². The van der Waals surface area contributed by atoms with Crippen LogP contribution in [0.3, 0.4) is 0 Å². The van der Waals surface area contributed by atoms with E-state index in [-0.39, 0.29) is 0 Å². The SMILES string of the molecule is c1ccc(-c2cccc3c2oc2c(-c4ccc(-c5cc(-n6c(-c7ccccc7)nc7ccccc76)cc(-n6c(-c7ccccc7)nc7ccccc76)c5)cc4)cccc23)cc1. The molecule has 0 spiro atoms. The molecule has 5 heteroatoms. The van der Waals surface area contributed by atoms with Crippen LogP contribution >= 0.6 is 0 Å². The van der Waals surface area contributed by atoms with Crippen LogP contribution < -0.4 is 0 Å². The van der Waals surface area contributed by atoms with E-state index in [1.807, 2.05) is 18.2 Å². The first kappa shape index (κ1) is 34.7. The number of fused-ring (bicyclic) bond motifs is 5. The molecule has 12 aromatic rings. The molecule has 0 saturated heterocycles. The van der Waals surface area contributed by atoms with Crippen molar-refractivity contribution in [2.24, 2.45) is 0 Å². The number of hydrogen-bond donors (Lipinski definition) is 0. The molecule has 286 valence electrons. The normalized spacial score (nSPS) is 11.6. The fraction of sp³-hybridized carbons (Fsp3) is 0. The minimum absolute atomic E-state index is 0.883. The van der Waals surface area contributed by atoms with Crippen molar-refractivity contribution in [3.05, 3.63) is 218 Å². The van der Waals surface area contributed by atoms with Gasteiger partial charge in [0.1, 0.15) is 22.8 Å². The third kappa shape index (κ3) is 5.86. The second kappa shape index (κ2) is 14.2. The average molecular weight is 781 g/mol. The zero-order chi connectivity index (χ0) is 40.3. The van der Waals surface area contributed by atoms with Crippen molar-refractivity contribution in [2.75, 3.05) is 0 Å². The van der Waals surface area contributed by atoms with Crippen LogP contribution in [0.5, 0.6) is 0 Å². The highest BCUT2D eigenvalue weighted by Crippen LogP contribution is 2.41. The number of imidazole rings is 2. The summed E-state index contributed by atoms with van der Waals surface area (Å²) in [4.78, 5) is 10.4. The summed E-state index contributed by atoms with van der Waals surface area (Å²) < 4.78 is 11.4. The number of para-hydroxylation sites is 6. The maximum Gasteiger partial charge on any atom is 0.145 e. The number of aromatic nitrogens is 4. The van der Waals surface area contributed by atoms with Crippen LogP contribution in [0.1, 0.15) is 0 Å². The Morgan fingerprint density at radius 2 is 0.721 bits per heavy atom. The van der Waals surface area contributed by atoms with Gasteiger partial charge in [-0.3, -0.25) is 9.13 Å². The standard InChI is InChI=1S/C56H36N4O/c1-4-16-38(17-5-1)45-22-14-24-47-48-25-15-23-46(54(48)61-53(45)47)39-32-30-37(31-33-39)42-34-43(59-51-28-12-10-26-49(51)57-55(59)40-18-6-2-7-19-40)36-44(35-42)60-52-29-13-11-27-50(52)58-56(60)41-20-8-3-9-21-41/h1-36H. The zero-order valence-electron chi connectivity index (χ0n) is 33.0. The zero-order valence-corrected chi connectivity index (χ0v) is 33.0. The highest BCUT2D eigenvalue weighted by Gasteiger charge is 2.20. The van der Waals surface area contributed by atoms with Crippen molar-refractivity contribution in [3.8, 4) is 67.5 Å². The van der Waals surface area contributed by atoms with Gasteiger partial charge in [-0.25, -0.2) is 9.97 Å². The van der Waals surface area contributed by atoms with Crippen molar-refractivity contribution in [1.82, 2.24) is 19.1 Å². The minimum atomic E-state index is 0.883. The van der Waals surface area contributed by atoms with Gasteiger partial charge in [-0.05, 0) is 64.7 Å². The summed E-state index contributed by atoms with van der Waals surface area (Å²) in [6, 6.07) is 76.7. The van der Waals surface area contributed by atoms with E-state index in [0.717, 1.165) is 112 Å². The molecule has 0 amide bonds. The van der Waals surface area contributed by atoms with Crippen LogP contribution in [0.4, 0.5) is 0 Å². The Hall–Kier alpha value is -8.28. The van der Waals surface area contributed by atoms with Crippen molar-refractivity contribution >= 4 is 44.0 Å². The minimum Gasteiger partial charge on any atom is -0.455 e. The molecule has 0 atom stereocenters. The lowest BCUT2D eigenvalue weighted by atomic mass is 9.97. The molecule has 3 aromatic heterocycles. The van der Waals surface area contributed by atoms with E-state index in [9.17, 15) is 0 Å². The second-order valence-corrected chi connectivity index (χ2v) is 15.4. The Kier molecular flexibility index (Phi) is 8.10. The topological polar surface area (TPSA) is 48.8 Å². The molecule has 0 aliphatic heterocycles. The third-order valence-electron chi connectivity index (χ3n) is 11.7. The first-order valence-electron chi connectivity index (χ1n) is 20.6. The Labute approximate surface area is 352 Å². The summed E-state index contributed by atoms with van der Waals surface area (Å²) in [5, 5.41) is 2.22. The molecule has 0 bridgehead atoms. The Morgan fingerprint density at radius 3 is 1.21 bits per heavy atom. The molecule has 0 radical (unpaired) electrons. The quantitative estimate of drug-likeness (QED) is 0.162. The molecular weight excluding hydrogens is 745 g/mol. The van der Waals surface area contributed by atoms with Gasteiger partial charge in [0.2, 0.25) is 0 Å². The molecule has 0 aliphatic rings. The Balaban J connectivity index is 1.06. The van der Waals surface area contributed by atoms with Gasteiger partial charge in [-0.15, -0.1) is 0 Å². The van der Waals surface area contributed by atoms with Gasteiger partial charge in [0.15, 0.2) is 0 Å². The molecule has 61 heavy (non-hydrogen) atoms. The van der Waals surface area contributed by atoms with Gasteiger partial charge in [-0.2, -0.15) is 0 Å². The van der Waals surface area contributed by atoms with Crippen molar-refractivity contribution < 1.29 is 4.42 Å². The van der Waals surface area contributed by atoms with Gasteiger partial charge in [0.25, 0.3) is 0 Å². The van der Waals surface area contributed by atoms with Gasteiger partial charge in [0.05, 0.1) is 33.4 Å². The molecule has 0 aliphatic carbocycles. The van der Waals surface area contributed by atoms with Crippen molar-refractivity contribution in [1.29, 1.82) is 0 Å². The largest absolute Gasteiger partial charge is 0.455 e. The van der Waals surface area contributed by atoms with Crippen LogP contribution in [0, 0.1) is 0 Å². The van der Waals surface area contributed by atoms with E-state index >= 15 is 0 Å². The van der Waals surface area contributed by atoms with Gasteiger partial charge in [-0.1, -0.05) is 176 Å². The number of furan rings is 1. The predicted molar refractivity (Wildman–Crippen MR) is 250 cm³/mol. The summed E-state index contributed by atoms with van der Waals surface area (Å²) >= 11 is 0. The van der Waals surface area contributed by atoms with E-state index < -0.39 is 0 Å². The van der Waals surface area contributed by atoms with E-state index in [1.54, 1.807) is 0 Å². The summed E-state index contributed by atoms with van der Waals surface area (Å²) in [6.07, 6.45) is 0. The Bertz CT molecular complexity index is 3430. The van der Waals surface area contributed by atoms with Gasteiger partial charge < -0.3 is 4.42 Å². The molecule has 0 N–H and O–H groups in total. The fourth-order valence-electron chi connectivity index (χ4n) is 8.89. The highest BCUT2D eigenvalue weighted by atomic mass is 16.3. The Morgan fingerprint density at radius 1 is 0.311 bits per heavy atom. The van der Waals surface area contributed by atoms with E-state index in [0.29, 0.717) is 0 Å². The van der Waals surface area contributed by atoms with E-state index in [2.05, 4.69) is 209 Å². The molecule has 3 heterocycles. The van der Waals surface area contributed by atoms with E-state index in [1.165, 1.54) is 0 Å². The lowest BCUT2D eigenvalue weighted by Crippen LogP contribution is -2.03. The summed E-state index contributed by atoms with van der Waals surface area (Å²) in [5.41, 5.74) is 16.4. The van der Waals surface area contributed by atoms with Gasteiger partial charge in [0, 0.05) is 33.0 Å². The predicted octanol–water partition coefficient (Wildman–Crippen LogP) is 14.6. The summed E-state index contributed by atoms with van der Waals surface area (Å²) in [7, 11) is 0. The lowest BCUT2D eigenvalue weighted by Gasteiger charge is -2.17. The number of rotatable bonds is 7. The maximum absolute atomic E-state index is 6.80. The number of nitrogens with zero attached hydrogens (tertiary/aromatic N) is 4. The number of benzene rings is 9. The highest BCUT2D eigenvalue weighted by molar-refractivity contribution is 6.13. The first-order valence-corrected chi connectivity index (χ1v) is 20.6. The molecule has 12 rings (SSSR count). The summed E-state index contributed by atoms with van der Waals surface area (Å²) in [5.74, 6) is 1.77. The van der Waals surface area contributed by atoms with Crippen molar-refractivity contribution in [2.45, 2.75) is 0 Å². The van der Waals surface area contributed by atoms with Crippen LogP contribution in [0.2, 0.25) is 0 Å². The smallest absolute Gasteiger partial charge is 0.145 e.